The molecule has 0 heteroatoms. The lowest BCUT2D eigenvalue weighted by molar-refractivity contribution is 0.323. The van der Waals surface area contributed by atoms with Gasteiger partial charge in [0.15, 0.2) is 0 Å². The molecule has 110 valence electrons. The molecule has 0 aromatic rings. The van der Waals surface area contributed by atoms with Gasteiger partial charge in [-0.1, -0.05) is 105 Å². The van der Waals surface area contributed by atoms with Crippen molar-refractivity contribution in [2.45, 2.75) is 105 Å². The summed E-state index contributed by atoms with van der Waals surface area (Å²) in [6.07, 6.45) is 17.3. The van der Waals surface area contributed by atoms with Crippen LogP contribution in [0.2, 0.25) is 0 Å². The highest BCUT2D eigenvalue weighted by atomic mass is 14.2. The zero-order chi connectivity index (χ0) is 13.6. The molecule has 0 bridgehead atoms. The second kappa shape index (κ2) is 13.4. The first-order valence-electron chi connectivity index (χ1n) is 8.72. The van der Waals surface area contributed by atoms with Gasteiger partial charge in [-0.05, 0) is 11.8 Å². The van der Waals surface area contributed by atoms with Crippen LogP contribution in [0.15, 0.2) is 0 Å². The van der Waals surface area contributed by atoms with Crippen molar-refractivity contribution < 1.29 is 0 Å². The van der Waals surface area contributed by atoms with Crippen LogP contribution in [0.4, 0.5) is 0 Å². The van der Waals surface area contributed by atoms with E-state index in [-0.39, 0.29) is 0 Å². The van der Waals surface area contributed by atoms with Gasteiger partial charge in [-0.3, -0.25) is 0 Å². The van der Waals surface area contributed by atoms with Gasteiger partial charge in [0.05, 0.1) is 0 Å². The van der Waals surface area contributed by atoms with Gasteiger partial charge in [0.2, 0.25) is 0 Å². The Balaban J connectivity index is 3.31. The van der Waals surface area contributed by atoms with Crippen molar-refractivity contribution in [3.05, 3.63) is 0 Å². The van der Waals surface area contributed by atoms with Gasteiger partial charge in [-0.25, -0.2) is 0 Å². The van der Waals surface area contributed by atoms with E-state index < -0.39 is 0 Å². The first kappa shape index (κ1) is 18.0. The lowest BCUT2D eigenvalue weighted by atomic mass is 9.87. The van der Waals surface area contributed by atoms with Crippen LogP contribution in [-0.4, -0.2) is 0 Å². The second-order valence-electron chi connectivity index (χ2n) is 6.36. The molecule has 0 heterocycles. The number of hydrogen-bond donors (Lipinski definition) is 0. The quantitative estimate of drug-likeness (QED) is 0.311. The Bertz CT molecular complexity index is 150. The molecule has 0 radical (unpaired) electrons. The molecule has 18 heavy (non-hydrogen) atoms. The van der Waals surface area contributed by atoms with Crippen LogP contribution in [0.5, 0.6) is 0 Å². The van der Waals surface area contributed by atoms with E-state index in [0.717, 1.165) is 11.8 Å². The van der Waals surface area contributed by atoms with Gasteiger partial charge in [-0.15, -0.1) is 0 Å². The summed E-state index contributed by atoms with van der Waals surface area (Å²) in [4.78, 5) is 0. The molecule has 0 fully saturated rings. The molecule has 0 rings (SSSR count). The third-order valence-corrected chi connectivity index (χ3v) is 4.50. The number of hydrogen-bond acceptors (Lipinski definition) is 0. The summed E-state index contributed by atoms with van der Waals surface area (Å²) in [7, 11) is 0. The molecular formula is C18H38. The van der Waals surface area contributed by atoms with E-state index in [9.17, 15) is 0 Å². The summed E-state index contributed by atoms with van der Waals surface area (Å²) in [5.41, 5.74) is 0. The van der Waals surface area contributed by atoms with E-state index >= 15 is 0 Å². The molecule has 0 aliphatic rings. The van der Waals surface area contributed by atoms with Gasteiger partial charge in [0.25, 0.3) is 0 Å². The average molecular weight is 255 g/mol. The topological polar surface area (TPSA) is 0 Å². The summed E-state index contributed by atoms with van der Waals surface area (Å²) < 4.78 is 0. The minimum absolute atomic E-state index is 0.941. The van der Waals surface area contributed by atoms with Crippen LogP contribution in [0.1, 0.15) is 105 Å². The molecule has 0 spiro atoms. The maximum atomic E-state index is 2.47. The van der Waals surface area contributed by atoms with E-state index in [2.05, 4.69) is 27.7 Å². The van der Waals surface area contributed by atoms with E-state index in [1.165, 1.54) is 77.0 Å². The van der Waals surface area contributed by atoms with Crippen LogP contribution in [0, 0.1) is 11.8 Å². The zero-order valence-corrected chi connectivity index (χ0v) is 13.6. The van der Waals surface area contributed by atoms with Gasteiger partial charge < -0.3 is 0 Å². The van der Waals surface area contributed by atoms with Crippen molar-refractivity contribution in [2.75, 3.05) is 0 Å². The molecule has 0 nitrogen and oxygen atoms in total. The maximum absolute atomic E-state index is 2.47. The Hall–Kier alpha value is 0. The highest BCUT2D eigenvalue weighted by Gasteiger charge is 2.11. The van der Waals surface area contributed by atoms with Gasteiger partial charge in [0, 0.05) is 0 Å². The van der Waals surface area contributed by atoms with Crippen molar-refractivity contribution in [3.63, 3.8) is 0 Å². The van der Waals surface area contributed by atoms with Crippen molar-refractivity contribution in [1.29, 1.82) is 0 Å². The van der Waals surface area contributed by atoms with Crippen LogP contribution in [0.25, 0.3) is 0 Å². The molecule has 0 amide bonds. The molecule has 0 aliphatic heterocycles. The Morgan fingerprint density at radius 1 is 0.500 bits per heavy atom. The third-order valence-electron chi connectivity index (χ3n) is 4.50. The van der Waals surface area contributed by atoms with Crippen molar-refractivity contribution >= 4 is 0 Å². The van der Waals surface area contributed by atoms with E-state index in [0.29, 0.717) is 0 Å². The SMILES string of the molecule is CCCCCCCCCC(C)C(C)CCCCC. The summed E-state index contributed by atoms with van der Waals surface area (Å²) >= 11 is 0. The normalized spacial score (nSPS) is 14.7. The predicted molar refractivity (Wildman–Crippen MR) is 85.1 cm³/mol. The highest BCUT2D eigenvalue weighted by molar-refractivity contribution is 4.62. The molecule has 0 aromatic heterocycles. The van der Waals surface area contributed by atoms with E-state index in [4.69, 9.17) is 0 Å². The van der Waals surface area contributed by atoms with E-state index in [1.54, 1.807) is 0 Å². The molecular weight excluding hydrogens is 216 g/mol. The van der Waals surface area contributed by atoms with Crippen LogP contribution >= 0.6 is 0 Å². The molecule has 0 aromatic carbocycles. The summed E-state index contributed by atoms with van der Waals surface area (Å²) in [6, 6.07) is 0. The molecule has 2 unspecified atom stereocenters. The monoisotopic (exact) mass is 254 g/mol. The van der Waals surface area contributed by atoms with Crippen LogP contribution in [-0.2, 0) is 0 Å². The fourth-order valence-corrected chi connectivity index (χ4v) is 2.71. The third kappa shape index (κ3) is 11.1. The summed E-state index contributed by atoms with van der Waals surface area (Å²) in [5.74, 6) is 1.88. The summed E-state index contributed by atoms with van der Waals surface area (Å²) in [5, 5.41) is 0. The first-order valence-corrected chi connectivity index (χ1v) is 8.72. The lowest BCUT2D eigenvalue weighted by Gasteiger charge is -2.19. The van der Waals surface area contributed by atoms with Gasteiger partial charge >= 0.3 is 0 Å². The predicted octanol–water partition coefficient (Wildman–Crippen LogP) is 6.98. The second-order valence-corrected chi connectivity index (χ2v) is 6.36. The standard InChI is InChI=1S/C18H38/c1-5-7-9-10-11-12-14-16-18(4)17(3)15-13-8-6-2/h17-18H,5-16H2,1-4H3. The van der Waals surface area contributed by atoms with Gasteiger partial charge in [0.1, 0.15) is 0 Å². The largest absolute Gasteiger partial charge is 0.0654 e. The Morgan fingerprint density at radius 3 is 1.33 bits per heavy atom. The first-order chi connectivity index (χ1) is 8.72. The molecule has 0 saturated heterocycles. The zero-order valence-electron chi connectivity index (χ0n) is 13.6. The minimum Gasteiger partial charge on any atom is -0.0654 e. The fraction of sp³-hybridized carbons (Fsp3) is 1.00. The molecule has 0 saturated carbocycles. The number of rotatable bonds is 13. The highest BCUT2D eigenvalue weighted by Crippen LogP contribution is 2.23. The molecule has 0 N–H and O–H groups in total. The Morgan fingerprint density at radius 2 is 0.833 bits per heavy atom. The minimum atomic E-state index is 0.941. The molecule has 0 aliphatic carbocycles. The lowest BCUT2D eigenvalue weighted by Crippen LogP contribution is -2.08. The van der Waals surface area contributed by atoms with Crippen molar-refractivity contribution in [3.8, 4) is 0 Å². The van der Waals surface area contributed by atoms with E-state index in [1.807, 2.05) is 0 Å². The van der Waals surface area contributed by atoms with Crippen molar-refractivity contribution in [1.82, 2.24) is 0 Å². The maximum Gasteiger partial charge on any atom is -0.0417 e. The average Bonchev–Trinajstić information content (AvgIpc) is 2.37. The van der Waals surface area contributed by atoms with Gasteiger partial charge in [-0.2, -0.15) is 0 Å². The summed E-state index contributed by atoms with van der Waals surface area (Å²) in [6.45, 7) is 9.52. The molecule has 2 atom stereocenters. The Labute approximate surface area is 117 Å². The van der Waals surface area contributed by atoms with Crippen LogP contribution < -0.4 is 0 Å². The van der Waals surface area contributed by atoms with Crippen LogP contribution in [0.3, 0.4) is 0 Å². The van der Waals surface area contributed by atoms with Crippen molar-refractivity contribution in [2.24, 2.45) is 11.8 Å². The smallest absolute Gasteiger partial charge is 0.0417 e. The fourth-order valence-electron chi connectivity index (χ4n) is 2.71. The Kier molecular flexibility index (Phi) is 13.4. The number of unbranched alkanes of at least 4 members (excludes halogenated alkanes) is 8.